The zero-order valence-electron chi connectivity index (χ0n) is 10.7. The quantitative estimate of drug-likeness (QED) is 0.710. The number of hydrogen-bond donors (Lipinski definition) is 1. The van der Waals surface area contributed by atoms with Gasteiger partial charge in [0, 0.05) is 15.9 Å². The van der Waals surface area contributed by atoms with Crippen molar-refractivity contribution in [3.8, 4) is 0 Å². The molecule has 0 aliphatic heterocycles. The van der Waals surface area contributed by atoms with E-state index in [0.29, 0.717) is 5.69 Å². The number of anilines is 1. The number of aromatic nitrogens is 1. The van der Waals surface area contributed by atoms with Crippen LogP contribution in [0.5, 0.6) is 0 Å². The van der Waals surface area contributed by atoms with E-state index < -0.39 is 12.6 Å². The van der Waals surface area contributed by atoms with Crippen molar-refractivity contribution in [1.82, 2.24) is 4.98 Å². The molecular weight excluding hydrogens is 164 g/mol. The number of nitrogen functional groups attached to an aromatic ring is 1. The van der Waals surface area contributed by atoms with Gasteiger partial charge in [-0.25, -0.2) is 0 Å². The maximum absolute atomic E-state index is 11.6. The van der Waals surface area contributed by atoms with E-state index >= 15 is 0 Å². The summed E-state index contributed by atoms with van der Waals surface area (Å²) >= 11 is 0. The molecule has 13 heavy (non-hydrogen) atoms. The molecule has 0 radical (unpaired) electrons. The van der Waals surface area contributed by atoms with Crippen LogP contribution in [-0.4, -0.2) is 10.8 Å². The van der Waals surface area contributed by atoms with Crippen LogP contribution in [0.25, 0.3) is 0 Å². The van der Waals surface area contributed by atoms with E-state index in [9.17, 15) is 4.79 Å². The molecule has 0 aliphatic carbocycles. The molecule has 0 atom stereocenters. The van der Waals surface area contributed by atoms with Gasteiger partial charge in [-0.3, -0.25) is 9.78 Å². The summed E-state index contributed by atoms with van der Waals surface area (Å²) in [4.78, 5) is 15.6. The first kappa shape index (κ1) is 6.13. The smallest absolute Gasteiger partial charge is 0.161 e. The first-order chi connectivity index (χ1) is 7.25. The van der Waals surface area contributed by atoms with Crippen molar-refractivity contribution in [3.63, 3.8) is 0 Å². The molecule has 1 aromatic heterocycles. The molecule has 3 nitrogen and oxygen atoms in total. The normalized spacial score (nSPS) is 14.8. The van der Waals surface area contributed by atoms with E-state index in [4.69, 9.17) is 9.85 Å². The van der Waals surface area contributed by atoms with Crippen molar-refractivity contribution in [2.75, 3.05) is 5.73 Å². The van der Waals surface area contributed by atoms with E-state index in [1.165, 1.54) is 12.3 Å². The molecule has 0 unspecified atom stereocenters. The van der Waals surface area contributed by atoms with Crippen LogP contribution in [0.15, 0.2) is 12.3 Å². The first-order valence-electron chi connectivity index (χ1n) is 5.54. The largest absolute Gasteiger partial charge is 0.397 e. The van der Waals surface area contributed by atoms with Crippen molar-refractivity contribution in [1.29, 1.82) is 0 Å². The third-order valence-corrected chi connectivity index (χ3v) is 1.81. The molecule has 0 bridgehead atoms. The summed E-state index contributed by atoms with van der Waals surface area (Å²) in [5.74, 6) is -0.890. The van der Waals surface area contributed by atoms with Gasteiger partial charge in [0.25, 0.3) is 0 Å². The van der Waals surface area contributed by atoms with Crippen LogP contribution in [0.1, 0.15) is 46.8 Å². The molecule has 0 saturated heterocycles. The van der Waals surface area contributed by atoms with E-state index in [2.05, 4.69) is 4.98 Å². The molecule has 0 aromatic carbocycles. The highest BCUT2D eigenvalue weighted by Crippen LogP contribution is 2.22. The second-order valence-corrected chi connectivity index (χ2v) is 3.14. The Balaban J connectivity index is 3.27. The maximum Gasteiger partial charge on any atom is 0.161 e. The van der Waals surface area contributed by atoms with Gasteiger partial charge in [-0.1, -0.05) is 13.8 Å². The highest BCUT2D eigenvalue weighted by atomic mass is 16.1. The topological polar surface area (TPSA) is 56.0 Å². The molecule has 1 heterocycles. The van der Waals surface area contributed by atoms with Crippen LogP contribution >= 0.6 is 0 Å². The van der Waals surface area contributed by atoms with Crippen LogP contribution in [-0.2, 0) is 0 Å². The van der Waals surface area contributed by atoms with E-state index in [-0.39, 0.29) is 17.2 Å². The van der Waals surface area contributed by atoms with Gasteiger partial charge >= 0.3 is 0 Å². The van der Waals surface area contributed by atoms with Crippen LogP contribution < -0.4 is 5.73 Å². The summed E-state index contributed by atoms with van der Waals surface area (Å²) in [6.45, 7) is 1.09. The van der Waals surface area contributed by atoms with Crippen LogP contribution in [0.3, 0.4) is 0 Å². The minimum absolute atomic E-state index is 0.0266. The Labute approximate surface area is 82.2 Å². The molecule has 3 heteroatoms. The predicted octanol–water partition coefficient (Wildman–Crippen LogP) is 1.99. The molecule has 2 N–H and O–H groups in total. The average molecular weight is 181 g/mol. The van der Waals surface area contributed by atoms with E-state index in [1.54, 1.807) is 0 Å². The van der Waals surface area contributed by atoms with Crippen LogP contribution in [0.4, 0.5) is 5.69 Å². The number of carbonyl (C=O) groups excluding carboxylic acids is 1. The summed E-state index contributed by atoms with van der Waals surface area (Å²) in [6, 6.07) is 1.34. The SMILES string of the molecule is [2H]C([2H])([2H])C(=O)c1ccnc(C(C)C)c1N. The Kier molecular flexibility index (Phi) is 1.68. The fourth-order valence-corrected chi connectivity index (χ4v) is 1.15. The lowest BCUT2D eigenvalue weighted by Gasteiger charge is -2.10. The van der Waals surface area contributed by atoms with Gasteiger partial charge in [0.1, 0.15) is 0 Å². The fraction of sp³-hybridized carbons (Fsp3) is 0.400. The summed E-state index contributed by atoms with van der Waals surface area (Å²) in [5, 5.41) is 0. The van der Waals surface area contributed by atoms with E-state index in [0.717, 1.165) is 0 Å². The average Bonchev–Trinajstić information content (AvgIpc) is 2.15. The lowest BCUT2D eigenvalue weighted by Crippen LogP contribution is -2.06. The monoisotopic (exact) mass is 181 g/mol. The minimum atomic E-state index is -2.66. The number of nitrogens with zero attached hydrogens (tertiary/aromatic N) is 1. The zero-order chi connectivity index (χ0) is 12.5. The van der Waals surface area contributed by atoms with Gasteiger partial charge in [-0.15, -0.1) is 0 Å². The summed E-state index contributed by atoms with van der Waals surface area (Å²) in [5.41, 5.74) is 6.49. The van der Waals surface area contributed by atoms with Gasteiger partial charge in [0.15, 0.2) is 5.78 Å². The molecular formula is C10H14N2O. The van der Waals surface area contributed by atoms with Crippen molar-refractivity contribution in [2.45, 2.75) is 26.6 Å². The van der Waals surface area contributed by atoms with Gasteiger partial charge in [0.2, 0.25) is 0 Å². The molecule has 0 aliphatic rings. The Morgan fingerprint density at radius 3 is 2.92 bits per heavy atom. The molecule has 1 rings (SSSR count). The first-order valence-corrected chi connectivity index (χ1v) is 4.04. The van der Waals surface area contributed by atoms with Crippen LogP contribution in [0.2, 0.25) is 0 Å². The molecule has 0 spiro atoms. The van der Waals surface area contributed by atoms with Gasteiger partial charge < -0.3 is 5.73 Å². The highest BCUT2D eigenvalue weighted by molar-refractivity contribution is 5.99. The zero-order valence-corrected chi connectivity index (χ0v) is 7.66. The van der Waals surface area contributed by atoms with Crippen LogP contribution in [0, 0.1) is 0 Å². The third kappa shape index (κ3) is 1.86. The number of nitrogens with two attached hydrogens (primary N) is 1. The summed E-state index contributed by atoms with van der Waals surface area (Å²) < 4.78 is 21.2. The highest BCUT2D eigenvalue weighted by Gasteiger charge is 2.11. The number of Topliss-reactive ketones (excluding diaryl/α,β-unsaturated/α-hetero) is 1. The van der Waals surface area contributed by atoms with Crippen molar-refractivity contribution >= 4 is 11.5 Å². The minimum Gasteiger partial charge on any atom is -0.397 e. The van der Waals surface area contributed by atoms with Gasteiger partial charge in [-0.05, 0) is 18.8 Å². The third-order valence-electron chi connectivity index (χ3n) is 1.81. The summed E-state index contributed by atoms with van der Waals surface area (Å²) in [6.07, 6.45) is 1.41. The van der Waals surface area contributed by atoms with Crippen molar-refractivity contribution in [2.24, 2.45) is 0 Å². The molecule has 0 amide bonds. The Morgan fingerprint density at radius 2 is 2.38 bits per heavy atom. The standard InChI is InChI=1S/C10H14N2O/c1-6(2)10-9(11)8(7(3)13)4-5-12-10/h4-6H,11H2,1-3H3/i3D3. The second-order valence-electron chi connectivity index (χ2n) is 3.14. The van der Waals surface area contributed by atoms with Gasteiger partial charge in [-0.2, -0.15) is 0 Å². The summed E-state index contributed by atoms with van der Waals surface area (Å²) in [7, 11) is 0. The number of rotatable bonds is 2. The number of carbonyl (C=O) groups is 1. The van der Waals surface area contributed by atoms with Crippen molar-refractivity contribution < 1.29 is 8.91 Å². The Hall–Kier alpha value is -1.38. The maximum atomic E-state index is 11.6. The predicted molar refractivity (Wildman–Crippen MR) is 52.7 cm³/mol. The Morgan fingerprint density at radius 1 is 1.69 bits per heavy atom. The second kappa shape index (κ2) is 3.56. The fourth-order valence-electron chi connectivity index (χ4n) is 1.15. The lowest BCUT2D eigenvalue weighted by atomic mass is 10.0. The number of hydrogen-bond acceptors (Lipinski definition) is 3. The Bertz CT molecular complexity index is 413. The molecule has 0 fully saturated rings. The van der Waals surface area contributed by atoms with Crippen molar-refractivity contribution in [3.05, 3.63) is 23.5 Å². The number of pyridine rings is 1. The van der Waals surface area contributed by atoms with E-state index in [1.807, 2.05) is 13.8 Å². The molecule has 70 valence electrons. The number of ketones is 1. The molecule has 0 saturated carbocycles. The molecule has 1 aromatic rings. The lowest BCUT2D eigenvalue weighted by molar-refractivity contribution is 0.101. The van der Waals surface area contributed by atoms with Gasteiger partial charge in [0.05, 0.1) is 11.4 Å².